The van der Waals surface area contributed by atoms with Crippen molar-refractivity contribution in [3.8, 4) is 0 Å². The van der Waals surface area contributed by atoms with Crippen molar-refractivity contribution in [2.45, 2.75) is 36.7 Å². The average Bonchev–Trinajstić information content (AvgIpc) is 2.68. The van der Waals surface area contributed by atoms with Crippen LogP contribution in [0.3, 0.4) is 0 Å². The van der Waals surface area contributed by atoms with E-state index in [0.29, 0.717) is 32.5 Å². The second-order valence-corrected chi connectivity index (χ2v) is 8.43. The van der Waals surface area contributed by atoms with E-state index in [2.05, 4.69) is 4.72 Å². The first-order valence-corrected chi connectivity index (χ1v) is 10.5. The van der Waals surface area contributed by atoms with Gasteiger partial charge in [-0.15, -0.1) is 0 Å². The lowest BCUT2D eigenvalue weighted by Crippen LogP contribution is -2.46. The Balaban J connectivity index is 1.50. The van der Waals surface area contributed by atoms with Gasteiger partial charge >= 0.3 is 0 Å². The first-order chi connectivity index (χ1) is 13.3. The molecule has 2 heterocycles. The molecule has 1 amide bonds. The SMILES string of the molecule is O=C(CCn1ccccc1=O)N1CCC(NS(=O)(=O)c2ccc(F)cc2)CC1. The Hall–Kier alpha value is -2.52. The predicted molar refractivity (Wildman–Crippen MR) is 102 cm³/mol. The molecule has 0 atom stereocenters. The Morgan fingerprint density at radius 1 is 1.11 bits per heavy atom. The number of hydrogen-bond acceptors (Lipinski definition) is 4. The minimum atomic E-state index is -3.72. The van der Waals surface area contributed by atoms with Crippen LogP contribution in [0, 0.1) is 5.82 Å². The lowest BCUT2D eigenvalue weighted by Gasteiger charge is -2.32. The quantitative estimate of drug-likeness (QED) is 0.783. The van der Waals surface area contributed by atoms with Crippen LogP contribution in [0.2, 0.25) is 0 Å². The molecule has 0 saturated carbocycles. The maximum Gasteiger partial charge on any atom is 0.250 e. The van der Waals surface area contributed by atoms with Gasteiger partial charge in [0.05, 0.1) is 4.90 Å². The summed E-state index contributed by atoms with van der Waals surface area (Å²) < 4.78 is 41.8. The molecule has 1 aliphatic rings. The fourth-order valence-corrected chi connectivity index (χ4v) is 4.47. The molecule has 0 bridgehead atoms. The van der Waals surface area contributed by atoms with Crippen LogP contribution in [-0.4, -0.2) is 42.9 Å². The molecule has 1 N–H and O–H groups in total. The van der Waals surface area contributed by atoms with Crippen molar-refractivity contribution in [2.75, 3.05) is 13.1 Å². The van der Waals surface area contributed by atoms with Gasteiger partial charge in [-0.05, 0) is 43.2 Å². The Morgan fingerprint density at radius 2 is 1.79 bits per heavy atom. The number of carbonyl (C=O) groups is 1. The number of aromatic nitrogens is 1. The van der Waals surface area contributed by atoms with Crippen LogP contribution < -0.4 is 10.3 Å². The third-order valence-electron chi connectivity index (χ3n) is 4.76. The third-order valence-corrected chi connectivity index (χ3v) is 6.30. The number of benzene rings is 1. The minimum Gasteiger partial charge on any atom is -0.343 e. The molecule has 9 heteroatoms. The molecule has 7 nitrogen and oxygen atoms in total. The number of sulfonamides is 1. The van der Waals surface area contributed by atoms with Crippen molar-refractivity contribution >= 4 is 15.9 Å². The molecular weight excluding hydrogens is 385 g/mol. The van der Waals surface area contributed by atoms with Crippen molar-refractivity contribution in [2.24, 2.45) is 0 Å². The van der Waals surface area contributed by atoms with Gasteiger partial charge in [-0.1, -0.05) is 6.07 Å². The molecule has 1 saturated heterocycles. The van der Waals surface area contributed by atoms with Crippen LogP contribution in [0.25, 0.3) is 0 Å². The van der Waals surface area contributed by atoms with E-state index in [1.165, 1.54) is 22.8 Å². The summed E-state index contributed by atoms with van der Waals surface area (Å²) in [6, 6.07) is 9.22. The number of nitrogens with one attached hydrogen (secondary N) is 1. The zero-order valence-corrected chi connectivity index (χ0v) is 16.1. The number of halogens is 1. The fraction of sp³-hybridized carbons (Fsp3) is 0.368. The smallest absolute Gasteiger partial charge is 0.250 e. The second-order valence-electron chi connectivity index (χ2n) is 6.71. The summed E-state index contributed by atoms with van der Waals surface area (Å²) in [6.45, 7) is 1.20. The molecule has 1 aromatic heterocycles. The highest BCUT2D eigenvalue weighted by atomic mass is 32.2. The Kier molecular flexibility index (Phi) is 6.25. The van der Waals surface area contributed by atoms with E-state index in [4.69, 9.17) is 0 Å². The first kappa shape index (κ1) is 20.2. The lowest BCUT2D eigenvalue weighted by molar-refractivity contribution is -0.132. The number of piperidine rings is 1. The van der Waals surface area contributed by atoms with Gasteiger partial charge in [-0.3, -0.25) is 9.59 Å². The van der Waals surface area contributed by atoms with Crippen LogP contribution in [0.15, 0.2) is 58.4 Å². The van der Waals surface area contributed by atoms with Crippen molar-refractivity contribution in [3.63, 3.8) is 0 Å². The third kappa shape index (κ3) is 5.05. The van der Waals surface area contributed by atoms with Crippen LogP contribution in [0.5, 0.6) is 0 Å². The summed E-state index contributed by atoms with van der Waals surface area (Å²) in [5.41, 5.74) is -0.149. The van der Waals surface area contributed by atoms with Gasteiger partial charge in [-0.25, -0.2) is 17.5 Å². The van der Waals surface area contributed by atoms with Crippen LogP contribution in [-0.2, 0) is 21.4 Å². The maximum atomic E-state index is 13.0. The van der Waals surface area contributed by atoms with E-state index in [1.807, 2.05) is 0 Å². The Bertz CT molecular complexity index is 981. The van der Waals surface area contributed by atoms with Crippen LogP contribution in [0.4, 0.5) is 4.39 Å². The zero-order chi connectivity index (χ0) is 20.1. The van der Waals surface area contributed by atoms with Gasteiger partial charge in [0, 0.05) is 44.4 Å². The van der Waals surface area contributed by atoms with Crippen molar-refractivity contribution in [1.82, 2.24) is 14.2 Å². The number of amides is 1. The minimum absolute atomic E-state index is 0.0145. The van der Waals surface area contributed by atoms with E-state index < -0.39 is 15.8 Å². The van der Waals surface area contributed by atoms with Crippen LogP contribution >= 0.6 is 0 Å². The highest BCUT2D eigenvalue weighted by molar-refractivity contribution is 7.89. The standard InChI is InChI=1S/C19H22FN3O4S/c20-15-4-6-17(7-5-15)28(26,27)21-16-8-12-23(13-9-16)19(25)10-14-22-11-2-1-3-18(22)24/h1-7,11,16,21H,8-10,12-14H2. The average molecular weight is 407 g/mol. The summed E-state index contributed by atoms with van der Waals surface area (Å²) in [5, 5.41) is 0. The van der Waals surface area contributed by atoms with Gasteiger partial charge in [0.1, 0.15) is 5.82 Å². The molecule has 3 rings (SSSR count). The molecule has 150 valence electrons. The van der Waals surface area contributed by atoms with Gasteiger partial charge in [0.2, 0.25) is 15.9 Å². The van der Waals surface area contributed by atoms with Gasteiger partial charge in [0.25, 0.3) is 5.56 Å². The molecule has 1 fully saturated rings. The van der Waals surface area contributed by atoms with Crippen LogP contribution in [0.1, 0.15) is 19.3 Å². The molecule has 1 aliphatic heterocycles. The molecule has 0 unspecified atom stereocenters. The summed E-state index contributed by atoms with van der Waals surface area (Å²) in [5.74, 6) is -0.556. The van der Waals surface area contributed by atoms with Gasteiger partial charge < -0.3 is 9.47 Å². The molecule has 2 aromatic rings. The van der Waals surface area contributed by atoms with Crippen molar-refractivity contribution < 1.29 is 17.6 Å². The summed E-state index contributed by atoms with van der Waals surface area (Å²) in [4.78, 5) is 25.7. The number of rotatable bonds is 6. The van der Waals surface area contributed by atoms with E-state index in [-0.39, 0.29) is 28.8 Å². The topological polar surface area (TPSA) is 88.5 Å². The first-order valence-electron chi connectivity index (χ1n) is 9.06. The summed E-state index contributed by atoms with van der Waals surface area (Å²) >= 11 is 0. The number of likely N-dealkylation sites (tertiary alicyclic amines) is 1. The monoisotopic (exact) mass is 407 g/mol. The predicted octanol–water partition coefficient (Wildman–Crippen LogP) is 1.35. The molecule has 0 radical (unpaired) electrons. The molecule has 0 spiro atoms. The second kappa shape index (κ2) is 8.66. The molecular formula is C19H22FN3O4S. The number of hydrogen-bond donors (Lipinski definition) is 1. The number of nitrogens with zero attached hydrogens (tertiary/aromatic N) is 2. The summed E-state index contributed by atoms with van der Waals surface area (Å²) in [7, 11) is -3.72. The number of aryl methyl sites for hydroxylation is 1. The highest BCUT2D eigenvalue weighted by Crippen LogP contribution is 2.16. The Labute approximate surface area is 162 Å². The van der Waals surface area contributed by atoms with E-state index in [0.717, 1.165) is 12.1 Å². The maximum absolute atomic E-state index is 13.0. The molecule has 28 heavy (non-hydrogen) atoms. The Morgan fingerprint density at radius 3 is 2.43 bits per heavy atom. The van der Waals surface area contributed by atoms with Gasteiger partial charge in [-0.2, -0.15) is 0 Å². The fourth-order valence-electron chi connectivity index (χ4n) is 3.17. The normalized spacial score (nSPS) is 15.5. The van der Waals surface area contributed by atoms with Crippen molar-refractivity contribution in [3.05, 3.63) is 64.8 Å². The number of carbonyl (C=O) groups excluding carboxylic acids is 1. The molecule has 0 aliphatic carbocycles. The highest BCUT2D eigenvalue weighted by Gasteiger charge is 2.26. The molecule has 1 aromatic carbocycles. The summed E-state index contributed by atoms with van der Waals surface area (Å²) in [6.07, 6.45) is 2.86. The number of pyridine rings is 1. The zero-order valence-electron chi connectivity index (χ0n) is 15.3. The van der Waals surface area contributed by atoms with Crippen molar-refractivity contribution in [1.29, 1.82) is 0 Å². The van der Waals surface area contributed by atoms with E-state index >= 15 is 0 Å². The van der Waals surface area contributed by atoms with E-state index in [1.54, 1.807) is 23.2 Å². The van der Waals surface area contributed by atoms with Gasteiger partial charge in [0.15, 0.2) is 0 Å². The largest absolute Gasteiger partial charge is 0.343 e. The lowest BCUT2D eigenvalue weighted by atomic mass is 10.1. The van der Waals surface area contributed by atoms with E-state index in [9.17, 15) is 22.4 Å².